The number of benzene rings is 2. The Labute approximate surface area is 181 Å². The first-order valence-electron chi connectivity index (χ1n) is 9.52. The fourth-order valence-electron chi connectivity index (χ4n) is 4.22. The molecule has 1 saturated heterocycles. The van der Waals surface area contributed by atoms with Crippen LogP contribution >= 0.6 is 12.4 Å². The van der Waals surface area contributed by atoms with Gasteiger partial charge in [0.1, 0.15) is 0 Å². The third kappa shape index (κ3) is 3.79. The molecule has 1 amide bonds. The minimum atomic E-state index is -4.71. The quantitative estimate of drug-likeness (QED) is 0.655. The van der Waals surface area contributed by atoms with Gasteiger partial charge in [-0.1, -0.05) is 47.6 Å². The molecular weight excluding hydrogens is 433 g/mol. The second-order valence-corrected chi connectivity index (χ2v) is 7.47. The van der Waals surface area contributed by atoms with E-state index in [2.05, 4.69) is 32.1 Å². The smallest absolute Gasteiger partial charge is 0.329 e. The van der Waals surface area contributed by atoms with Crippen molar-refractivity contribution in [3.05, 3.63) is 71.1 Å². The van der Waals surface area contributed by atoms with Crippen molar-refractivity contribution in [2.24, 2.45) is 0 Å². The number of fused-ring (bicyclic) bond motifs is 1. The van der Waals surface area contributed by atoms with E-state index in [1.807, 2.05) is 23.1 Å². The molecule has 0 radical (unpaired) electrons. The molecule has 0 spiro atoms. The van der Waals surface area contributed by atoms with Crippen LogP contribution < -0.4 is 5.32 Å². The fraction of sp³-hybridized carbons (Fsp3) is 0.286. The van der Waals surface area contributed by atoms with Gasteiger partial charge in [-0.3, -0.25) is 4.79 Å². The first-order valence-corrected chi connectivity index (χ1v) is 9.52. The lowest BCUT2D eigenvalue weighted by Gasteiger charge is -2.29. The standard InChI is InChI=1S/C21H17F3N4O2.ClH/c22-21(23,24)20-26-18(27-30-20)13-6-7-14-11-28(19(29)15(14)8-13)17-10-25-9-16(17)12-4-2-1-3-5-12;/h1-8,16-17,25H,9-11H2;1H. The molecule has 0 saturated carbocycles. The molecule has 0 aliphatic carbocycles. The number of hydrogen-bond donors (Lipinski definition) is 1. The van der Waals surface area contributed by atoms with E-state index < -0.39 is 12.1 Å². The van der Waals surface area contributed by atoms with Gasteiger partial charge in [-0.2, -0.15) is 18.2 Å². The first-order chi connectivity index (χ1) is 14.4. The summed E-state index contributed by atoms with van der Waals surface area (Å²) in [6.45, 7) is 1.93. The maximum Gasteiger partial charge on any atom is 0.471 e. The average Bonchev–Trinajstić information content (AvgIpc) is 3.47. The lowest BCUT2D eigenvalue weighted by Crippen LogP contribution is -2.40. The summed E-state index contributed by atoms with van der Waals surface area (Å²) in [6.07, 6.45) is -4.71. The van der Waals surface area contributed by atoms with E-state index >= 15 is 0 Å². The number of hydrogen-bond acceptors (Lipinski definition) is 5. The highest BCUT2D eigenvalue weighted by Gasteiger charge is 2.41. The van der Waals surface area contributed by atoms with Crippen LogP contribution in [0.3, 0.4) is 0 Å². The van der Waals surface area contributed by atoms with E-state index in [1.165, 1.54) is 5.56 Å². The van der Waals surface area contributed by atoms with Gasteiger partial charge in [-0.25, -0.2) is 0 Å². The summed E-state index contributed by atoms with van der Waals surface area (Å²) in [5.74, 6) is -1.56. The van der Waals surface area contributed by atoms with Crippen molar-refractivity contribution in [2.45, 2.75) is 24.7 Å². The number of aromatic nitrogens is 2. The minimum absolute atomic E-state index is 0. The zero-order chi connectivity index (χ0) is 20.9. The highest BCUT2D eigenvalue weighted by atomic mass is 35.5. The van der Waals surface area contributed by atoms with Crippen LogP contribution in [0.1, 0.15) is 33.3 Å². The van der Waals surface area contributed by atoms with Crippen LogP contribution in [0.2, 0.25) is 0 Å². The molecule has 1 fully saturated rings. The van der Waals surface area contributed by atoms with E-state index in [0.29, 0.717) is 24.2 Å². The molecule has 3 aromatic rings. The predicted octanol–water partition coefficient (Wildman–Crippen LogP) is 3.89. The number of carbonyl (C=O) groups excluding carboxylic acids is 1. The molecule has 6 nitrogen and oxygen atoms in total. The Morgan fingerprint density at radius 1 is 1.10 bits per heavy atom. The molecule has 1 aromatic heterocycles. The van der Waals surface area contributed by atoms with E-state index in [-0.39, 0.29) is 36.1 Å². The SMILES string of the molecule is Cl.O=C1c2cc(-c3noc(C(F)(F)F)n3)ccc2CN1C1CNCC1c1ccccc1. The summed E-state index contributed by atoms with van der Waals surface area (Å²) < 4.78 is 42.5. The highest BCUT2D eigenvalue weighted by molar-refractivity contribution is 5.99. The highest BCUT2D eigenvalue weighted by Crippen LogP contribution is 2.35. The van der Waals surface area contributed by atoms with E-state index in [4.69, 9.17) is 0 Å². The number of nitrogens with zero attached hydrogens (tertiary/aromatic N) is 3. The molecule has 162 valence electrons. The largest absolute Gasteiger partial charge is 0.471 e. The van der Waals surface area contributed by atoms with Gasteiger partial charge in [0.2, 0.25) is 5.82 Å². The molecule has 2 aromatic carbocycles. The lowest BCUT2D eigenvalue weighted by molar-refractivity contribution is -0.159. The molecule has 2 unspecified atom stereocenters. The van der Waals surface area contributed by atoms with Gasteiger partial charge >= 0.3 is 12.1 Å². The number of rotatable bonds is 3. The minimum Gasteiger partial charge on any atom is -0.329 e. The summed E-state index contributed by atoms with van der Waals surface area (Å²) >= 11 is 0. The first kappa shape index (κ1) is 21.3. The zero-order valence-corrected chi connectivity index (χ0v) is 16.9. The monoisotopic (exact) mass is 450 g/mol. The van der Waals surface area contributed by atoms with Crippen molar-refractivity contribution in [3.8, 4) is 11.4 Å². The zero-order valence-electron chi connectivity index (χ0n) is 16.1. The molecule has 10 heteroatoms. The van der Waals surface area contributed by atoms with E-state index in [0.717, 1.165) is 12.1 Å². The van der Waals surface area contributed by atoms with Crippen molar-refractivity contribution in [2.75, 3.05) is 13.1 Å². The normalized spacial score (nSPS) is 20.6. The third-order valence-electron chi connectivity index (χ3n) is 5.68. The number of amides is 1. The maximum absolute atomic E-state index is 13.2. The summed E-state index contributed by atoms with van der Waals surface area (Å²) in [5.41, 5.74) is 2.78. The predicted molar refractivity (Wildman–Crippen MR) is 108 cm³/mol. The number of halogens is 4. The van der Waals surface area contributed by atoms with Crippen molar-refractivity contribution in [1.82, 2.24) is 20.4 Å². The van der Waals surface area contributed by atoms with Crippen LogP contribution in [0, 0.1) is 0 Å². The summed E-state index contributed by atoms with van der Waals surface area (Å²) in [4.78, 5) is 18.4. The lowest BCUT2D eigenvalue weighted by atomic mass is 9.93. The maximum atomic E-state index is 13.2. The molecule has 2 aliphatic rings. The second kappa shape index (κ2) is 7.97. The summed E-state index contributed by atoms with van der Waals surface area (Å²) in [5, 5.41) is 6.78. The van der Waals surface area contributed by atoms with E-state index in [9.17, 15) is 18.0 Å². The van der Waals surface area contributed by atoms with Gasteiger partial charge in [0, 0.05) is 36.7 Å². The Morgan fingerprint density at radius 2 is 1.87 bits per heavy atom. The topological polar surface area (TPSA) is 71.3 Å². The molecule has 5 rings (SSSR count). The fourth-order valence-corrected chi connectivity index (χ4v) is 4.22. The molecule has 31 heavy (non-hydrogen) atoms. The Balaban J connectivity index is 0.00000231. The van der Waals surface area contributed by atoms with Crippen LogP contribution in [0.5, 0.6) is 0 Å². The summed E-state index contributed by atoms with van der Waals surface area (Å²) in [7, 11) is 0. The molecular formula is C21H18ClF3N4O2. The summed E-state index contributed by atoms with van der Waals surface area (Å²) in [6, 6.07) is 14.9. The Bertz CT molecular complexity index is 1100. The average molecular weight is 451 g/mol. The van der Waals surface area contributed by atoms with Crippen molar-refractivity contribution < 1.29 is 22.5 Å². The van der Waals surface area contributed by atoms with Gasteiger partial charge in [-0.15, -0.1) is 12.4 Å². The van der Waals surface area contributed by atoms with Crippen LogP contribution in [0.25, 0.3) is 11.4 Å². The van der Waals surface area contributed by atoms with Gasteiger partial charge in [0.05, 0.1) is 6.04 Å². The Hall–Kier alpha value is -2.91. The van der Waals surface area contributed by atoms with Crippen LogP contribution in [-0.2, 0) is 12.7 Å². The number of nitrogens with one attached hydrogen (secondary N) is 1. The van der Waals surface area contributed by atoms with Gasteiger partial charge in [-0.05, 0) is 17.2 Å². The second-order valence-electron chi connectivity index (χ2n) is 7.47. The van der Waals surface area contributed by atoms with Gasteiger partial charge in [0.25, 0.3) is 5.91 Å². The van der Waals surface area contributed by atoms with Crippen LogP contribution in [0.15, 0.2) is 53.1 Å². The van der Waals surface area contributed by atoms with Crippen LogP contribution in [0.4, 0.5) is 13.2 Å². The Morgan fingerprint density at radius 3 is 2.58 bits per heavy atom. The van der Waals surface area contributed by atoms with Crippen molar-refractivity contribution >= 4 is 18.3 Å². The Kier molecular flexibility index (Phi) is 5.49. The van der Waals surface area contributed by atoms with Gasteiger partial charge < -0.3 is 14.7 Å². The molecule has 1 N–H and O–H groups in total. The molecule has 2 aliphatic heterocycles. The van der Waals surface area contributed by atoms with Gasteiger partial charge in [0.15, 0.2) is 0 Å². The number of carbonyl (C=O) groups is 1. The van der Waals surface area contributed by atoms with Crippen molar-refractivity contribution in [1.29, 1.82) is 0 Å². The van der Waals surface area contributed by atoms with Crippen molar-refractivity contribution in [3.63, 3.8) is 0 Å². The molecule has 0 bridgehead atoms. The number of alkyl halides is 3. The molecule has 2 atom stereocenters. The van der Waals surface area contributed by atoms with E-state index in [1.54, 1.807) is 18.2 Å². The van der Waals surface area contributed by atoms with Crippen LogP contribution in [-0.4, -0.2) is 40.1 Å². The third-order valence-corrected chi connectivity index (χ3v) is 5.68. The molecule has 3 heterocycles.